The van der Waals surface area contributed by atoms with Crippen LogP contribution >= 0.6 is 11.6 Å². The van der Waals surface area contributed by atoms with Crippen LogP contribution in [0, 0.1) is 12.3 Å². The first kappa shape index (κ1) is 11.3. The fourth-order valence-electron chi connectivity index (χ4n) is 0.976. The molecule has 0 aliphatic heterocycles. The number of nitrogens with zero attached hydrogens (tertiary/aromatic N) is 3. The third-order valence-corrected chi connectivity index (χ3v) is 1.71. The van der Waals surface area contributed by atoms with Gasteiger partial charge in [-0.3, -0.25) is 9.78 Å². The van der Waals surface area contributed by atoms with Crippen LogP contribution in [-0.4, -0.2) is 34.1 Å². The minimum atomic E-state index is -0.993. The summed E-state index contributed by atoms with van der Waals surface area (Å²) >= 11 is 5.63. The first-order valence-corrected chi connectivity index (χ1v) is 4.39. The van der Waals surface area contributed by atoms with Gasteiger partial charge in [-0.05, 0) is 0 Å². The molecule has 1 aromatic rings. The fourth-order valence-corrected chi connectivity index (χ4v) is 1.12. The third-order valence-electron chi connectivity index (χ3n) is 1.52. The molecule has 0 radical (unpaired) electrons. The molecule has 15 heavy (non-hydrogen) atoms. The van der Waals surface area contributed by atoms with Gasteiger partial charge in [0.25, 0.3) is 0 Å². The molecular weight excluding hydrogens is 218 g/mol. The van der Waals surface area contributed by atoms with Gasteiger partial charge in [0.05, 0.1) is 18.9 Å². The molecule has 0 aliphatic carbocycles. The summed E-state index contributed by atoms with van der Waals surface area (Å²) < 4.78 is 0. The highest BCUT2D eigenvalue weighted by Gasteiger charge is 2.11. The van der Waals surface area contributed by atoms with Crippen molar-refractivity contribution in [2.45, 2.75) is 0 Å². The fraction of sp³-hybridized carbons (Fsp3) is 0.222. The smallest absolute Gasteiger partial charge is 0.323 e. The van der Waals surface area contributed by atoms with Crippen molar-refractivity contribution in [2.75, 3.05) is 18.0 Å². The molecule has 1 rings (SSSR count). The Kier molecular flexibility index (Phi) is 3.89. The minimum absolute atomic E-state index is 0.140. The maximum absolute atomic E-state index is 10.6. The molecule has 5 nitrogen and oxygen atoms in total. The first-order valence-electron chi connectivity index (χ1n) is 4.01. The number of hydrogen-bond donors (Lipinski definition) is 1. The number of carbonyl (C=O) groups is 1. The molecular formula is C9H8ClN3O2. The number of halogens is 1. The molecule has 0 amide bonds. The van der Waals surface area contributed by atoms with E-state index < -0.39 is 5.97 Å². The van der Waals surface area contributed by atoms with E-state index in [0.717, 1.165) is 0 Å². The second-order valence-corrected chi connectivity index (χ2v) is 3.04. The molecule has 0 fully saturated rings. The van der Waals surface area contributed by atoms with Gasteiger partial charge in [0.1, 0.15) is 17.5 Å². The van der Waals surface area contributed by atoms with E-state index in [-0.39, 0.29) is 18.2 Å². The Morgan fingerprint density at radius 2 is 2.40 bits per heavy atom. The molecule has 1 aromatic heterocycles. The molecule has 0 unspecified atom stereocenters. The number of anilines is 1. The lowest BCUT2D eigenvalue weighted by Crippen LogP contribution is -2.30. The van der Waals surface area contributed by atoms with E-state index in [9.17, 15) is 4.79 Å². The summed E-state index contributed by atoms with van der Waals surface area (Å²) in [6.45, 7) is -0.0967. The van der Waals surface area contributed by atoms with Crippen molar-refractivity contribution in [1.29, 1.82) is 0 Å². The summed E-state index contributed by atoms with van der Waals surface area (Å²) in [7, 11) is 0. The van der Waals surface area contributed by atoms with Crippen molar-refractivity contribution in [3.05, 3.63) is 17.5 Å². The Morgan fingerprint density at radius 3 is 2.93 bits per heavy atom. The predicted octanol–water partition coefficient (Wildman–Crippen LogP) is 0.654. The van der Waals surface area contributed by atoms with Gasteiger partial charge in [-0.2, -0.15) is 0 Å². The van der Waals surface area contributed by atoms with Crippen LogP contribution in [0.3, 0.4) is 0 Å². The van der Waals surface area contributed by atoms with Crippen molar-refractivity contribution >= 4 is 23.4 Å². The first-order chi connectivity index (χ1) is 7.13. The lowest BCUT2D eigenvalue weighted by molar-refractivity contribution is -0.135. The van der Waals surface area contributed by atoms with Gasteiger partial charge in [-0.1, -0.05) is 17.5 Å². The standard InChI is InChI=1S/C9H8ClN3O2/c1-2-3-13(6-9(14)15)8-5-11-4-7(10)12-8/h1,4-5H,3,6H2,(H,14,15). The number of carboxylic acid groups (broad SMARTS) is 1. The van der Waals surface area contributed by atoms with Gasteiger partial charge in [0.15, 0.2) is 0 Å². The molecule has 0 aliphatic rings. The van der Waals surface area contributed by atoms with Gasteiger partial charge < -0.3 is 10.0 Å². The highest BCUT2D eigenvalue weighted by atomic mass is 35.5. The molecule has 0 saturated carbocycles. The van der Waals surface area contributed by atoms with E-state index >= 15 is 0 Å². The lowest BCUT2D eigenvalue weighted by Gasteiger charge is -2.18. The molecule has 0 bridgehead atoms. The zero-order valence-electron chi connectivity index (χ0n) is 7.72. The predicted molar refractivity (Wildman–Crippen MR) is 55.7 cm³/mol. The number of carboxylic acids is 1. The number of hydrogen-bond acceptors (Lipinski definition) is 4. The minimum Gasteiger partial charge on any atom is -0.480 e. The quantitative estimate of drug-likeness (QED) is 0.763. The molecule has 0 saturated heterocycles. The molecule has 1 N–H and O–H groups in total. The molecule has 1 heterocycles. The van der Waals surface area contributed by atoms with Crippen LogP contribution in [-0.2, 0) is 4.79 Å². The maximum atomic E-state index is 10.6. The van der Waals surface area contributed by atoms with Gasteiger partial charge in [-0.25, -0.2) is 4.98 Å². The van der Waals surface area contributed by atoms with Crippen LogP contribution in [0.4, 0.5) is 5.82 Å². The number of rotatable bonds is 4. The lowest BCUT2D eigenvalue weighted by atomic mass is 10.4. The van der Waals surface area contributed by atoms with Crippen LogP contribution in [0.5, 0.6) is 0 Å². The van der Waals surface area contributed by atoms with Crippen LogP contribution in [0.25, 0.3) is 0 Å². The van der Waals surface area contributed by atoms with Gasteiger partial charge >= 0.3 is 5.97 Å². The monoisotopic (exact) mass is 225 g/mol. The highest BCUT2D eigenvalue weighted by Crippen LogP contribution is 2.11. The Balaban J connectivity index is 2.89. The van der Waals surface area contributed by atoms with E-state index in [2.05, 4.69) is 15.9 Å². The van der Waals surface area contributed by atoms with Crippen molar-refractivity contribution < 1.29 is 9.90 Å². The van der Waals surface area contributed by atoms with Gasteiger partial charge in [0.2, 0.25) is 0 Å². The van der Waals surface area contributed by atoms with Crippen LogP contribution in [0.2, 0.25) is 5.15 Å². The van der Waals surface area contributed by atoms with Crippen LogP contribution < -0.4 is 4.90 Å². The zero-order valence-corrected chi connectivity index (χ0v) is 8.48. The zero-order chi connectivity index (χ0) is 11.3. The highest BCUT2D eigenvalue weighted by molar-refractivity contribution is 6.29. The van der Waals surface area contributed by atoms with Gasteiger partial charge in [-0.15, -0.1) is 6.42 Å². The number of terminal acetylenes is 1. The summed E-state index contributed by atoms with van der Waals surface area (Å²) in [5.74, 6) is 1.70. The van der Waals surface area contributed by atoms with Crippen LogP contribution in [0.1, 0.15) is 0 Å². The van der Waals surface area contributed by atoms with E-state index in [4.69, 9.17) is 23.1 Å². The summed E-state index contributed by atoms with van der Waals surface area (Å²) in [4.78, 5) is 19.7. The van der Waals surface area contributed by atoms with Crippen molar-refractivity contribution in [3.63, 3.8) is 0 Å². The van der Waals surface area contributed by atoms with E-state index in [1.165, 1.54) is 17.3 Å². The SMILES string of the molecule is C#CCN(CC(=O)O)c1cncc(Cl)n1. The van der Waals surface area contributed by atoms with Gasteiger partial charge in [0, 0.05) is 0 Å². The molecule has 0 spiro atoms. The van der Waals surface area contributed by atoms with Crippen molar-refractivity contribution in [2.24, 2.45) is 0 Å². The van der Waals surface area contributed by atoms with Crippen molar-refractivity contribution in [3.8, 4) is 12.3 Å². The maximum Gasteiger partial charge on any atom is 0.323 e. The summed E-state index contributed by atoms with van der Waals surface area (Å²) in [6.07, 6.45) is 7.88. The van der Waals surface area contributed by atoms with Crippen molar-refractivity contribution in [1.82, 2.24) is 9.97 Å². The molecule has 0 atom stereocenters. The number of aliphatic carboxylic acids is 1. The second-order valence-electron chi connectivity index (χ2n) is 2.65. The summed E-state index contributed by atoms with van der Waals surface area (Å²) in [5, 5.41) is 8.84. The average Bonchev–Trinajstić information content (AvgIpc) is 2.16. The van der Waals surface area contributed by atoms with Crippen LogP contribution in [0.15, 0.2) is 12.4 Å². The Hall–Kier alpha value is -1.80. The Bertz CT molecular complexity index is 403. The molecule has 78 valence electrons. The topological polar surface area (TPSA) is 66.3 Å². The normalized spacial score (nSPS) is 9.33. The summed E-state index contributed by atoms with van der Waals surface area (Å²) in [6, 6.07) is 0. The second kappa shape index (κ2) is 5.17. The van der Waals surface area contributed by atoms with E-state index in [1.807, 2.05) is 0 Å². The average molecular weight is 226 g/mol. The molecule has 0 aromatic carbocycles. The molecule has 6 heteroatoms. The largest absolute Gasteiger partial charge is 0.480 e. The Morgan fingerprint density at radius 1 is 1.67 bits per heavy atom. The van der Waals surface area contributed by atoms with E-state index in [0.29, 0.717) is 5.82 Å². The third kappa shape index (κ3) is 3.44. The van der Waals surface area contributed by atoms with E-state index in [1.54, 1.807) is 0 Å². The number of aromatic nitrogens is 2. The summed E-state index contributed by atoms with van der Waals surface area (Å²) in [5.41, 5.74) is 0. The Labute approximate surface area is 91.7 Å².